The molecule has 0 unspecified atom stereocenters. The van der Waals surface area contributed by atoms with Crippen LogP contribution in [0.15, 0.2) is 41.5 Å². The molecule has 0 bridgehead atoms. The largest absolute Gasteiger partial charge is 0.465 e. The van der Waals surface area contributed by atoms with Crippen LogP contribution in [0.1, 0.15) is 34.3 Å². The van der Waals surface area contributed by atoms with Crippen LogP contribution in [0.2, 0.25) is 0 Å². The van der Waals surface area contributed by atoms with Gasteiger partial charge in [-0.15, -0.1) is 0 Å². The maximum atomic E-state index is 14.1. The van der Waals surface area contributed by atoms with Crippen LogP contribution in [0.4, 0.5) is 15.8 Å². The number of amides is 2. The average molecular weight is 397 g/mol. The molecule has 0 saturated carbocycles. The lowest BCUT2D eigenvalue weighted by atomic mass is 10.1. The first kappa shape index (κ1) is 20.2. The molecule has 2 aromatic rings. The Labute approximate surface area is 167 Å². The molecule has 0 aliphatic carbocycles. The van der Waals surface area contributed by atoms with Gasteiger partial charge >= 0.3 is 5.97 Å². The molecular weight excluding hydrogens is 377 g/mol. The van der Waals surface area contributed by atoms with Crippen molar-refractivity contribution in [1.29, 1.82) is 0 Å². The van der Waals surface area contributed by atoms with E-state index in [4.69, 9.17) is 0 Å². The summed E-state index contributed by atoms with van der Waals surface area (Å²) in [5.41, 5.74) is 2.41. The van der Waals surface area contributed by atoms with E-state index in [0.717, 1.165) is 17.2 Å². The van der Waals surface area contributed by atoms with Crippen molar-refractivity contribution in [1.82, 2.24) is 0 Å². The van der Waals surface area contributed by atoms with Crippen molar-refractivity contribution in [2.45, 2.75) is 26.7 Å². The SMILES string of the molecule is COC(=O)c1ccc(F)c(NC(=O)C2=NN(c3cc(C)ccc3C)C(=O)CC2)c1. The molecule has 29 heavy (non-hydrogen) atoms. The molecule has 1 N–H and O–H groups in total. The maximum absolute atomic E-state index is 14.1. The van der Waals surface area contributed by atoms with Crippen molar-refractivity contribution >= 4 is 34.9 Å². The third-order valence-corrected chi connectivity index (χ3v) is 4.52. The van der Waals surface area contributed by atoms with Crippen molar-refractivity contribution < 1.29 is 23.5 Å². The molecule has 0 spiro atoms. The van der Waals surface area contributed by atoms with Gasteiger partial charge in [0, 0.05) is 12.8 Å². The fraction of sp³-hybridized carbons (Fsp3) is 0.238. The van der Waals surface area contributed by atoms with Crippen LogP contribution in [0.25, 0.3) is 0 Å². The number of anilines is 2. The van der Waals surface area contributed by atoms with Gasteiger partial charge < -0.3 is 10.1 Å². The summed E-state index contributed by atoms with van der Waals surface area (Å²) in [6.07, 6.45) is 0.231. The minimum absolute atomic E-state index is 0.0911. The zero-order valence-corrected chi connectivity index (χ0v) is 16.3. The number of hydrogen-bond acceptors (Lipinski definition) is 5. The van der Waals surface area contributed by atoms with Gasteiger partial charge in [0.25, 0.3) is 5.91 Å². The summed E-state index contributed by atoms with van der Waals surface area (Å²) in [7, 11) is 1.21. The zero-order chi connectivity index (χ0) is 21.1. The lowest BCUT2D eigenvalue weighted by molar-refractivity contribution is -0.118. The number of nitrogens with zero attached hydrogens (tertiary/aromatic N) is 2. The van der Waals surface area contributed by atoms with Crippen molar-refractivity contribution in [3.05, 3.63) is 58.9 Å². The van der Waals surface area contributed by atoms with Crippen LogP contribution in [0.5, 0.6) is 0 Å². The van der Waals surface area contributed by atoms with Gasteiger partial charge in [-0.2, -0.15) is 5.10 Å². The van der Waals surface area contributed by atoms with Crippen LogP contribution >= 0.6 is 0 Å². The fourth-order valence-corrected chi connectivity index (χ4v) is 2.91. The number of nitrogens with one attached hydrogen (secondary N) is 1. The van der Waals surface area contributed by atoms with Crippen molar-refractivity contribution in [2.75, 3.05) is 17.4 Å². The van der Waals surface area contributed by atoms with E-state index in [2.05, 4.69) is 15.2 Å². The van der Waals surface area contributed by atoms with E-state index in [9.17, 15) is 18.8 Å². The van der Waals surface area contributed by atoms with Crippen LogP contribution in [-0.4, -0.2) is 30.6 Å². The van der Waals surface area contributed by atoms with Gasteiger partial charge in [0.1, 0.15) is 11.5 Å². The normalized spacial score (nSPS) is 13.7. The molecule has 0 aromatic heterocycles. The number of hydrogen-bond donors (Lipinski definition) is 1. The van der Waals surface area contributed by atoms with E-state index in [1.165, 1.54) is 24.3 Å². The molecule has 1 aliphatic rings. The van der Waals surface area contributed by atoms with E-state index in [1.807, 2.05) is 32.0 Å². The Kier molecular flexibility index (Phi) is 5.72. The predicted octanol–water partition coefficient (Wildman–Crippen LogP) is 3.35. The van der Waals surface area contributed by atoms with Gasteiger partial charge in [0.05, 0.1) is 24.0 Å². The first-order valence-corrected chi connectivity index (χ1v) is 8.97. The molecule has 8 heteroatoms. The van der Waals surface area contributed by atoms with Crippen LogP contribution < -0.4 is 10.3 Å². The van der Waals surface area contributed by atoms with Gasteiger partial charge in [0.15, 0.2) is 0 Å². The number of hydrazone groups is 1. The van der Waals surface area contributed by atoms with Gasteiger partial charge in [-0.25, -0.2) is 14.2 Å². The molecular formula is C21H20FN3O4. The highest BCUT2D eigenvalue weighted by molar-refractivity contribution is 6.44. The number of ether oxygens (including phenoxy) is 1. The molecule has 3 rings (SSSR count). The minimum atomic E-state index is -0.704. The predicted molar refractivity (Wildman–Crippen MR) is 106 cm³/mol. The monoisotopic (exact) mass is 397 g/mol. The number of carbonyl (C=O) groups is 3. The van der Waals surface area contributed by atoms with Gasteiger partial charge in [-0.05, 0) is 49.2 Å². The molecule has 2 aromatic carbocycles. The number of esters is 1. The standard InChI is InChI=1S/C21H20FN3O4/c1-12-4-5-13(2)18(10-12)25-19(26)9-8-16(24-25)20(27)23-17-11-14(21(28)29-3)6-7-15(17)22/h4-7,10-11H,8-9H2,1-3H3,(H,23,27). The average Bonchev–Trinajstić information content (AvgIpc) is 2.71. The quantitative estimate of drug-likeness (QED) is 0.802. The van der Waals surface area contributed by atoms with Gasteiger partial charge in [-0.1, -0.05) is 12.1 Å². The first-order valence-electron chi connectivity index (χ1n) is 8.97. The zero-order valence-electron chi connectivity index (χ0n) is 16.3. The lowest BCUT2D eigenvalue weighted by Crippen LogP contribution is -2.36. The third kappa shape index (κ3) is 4.31. The maximum Gasteiger partial charge on any atom is 0.337 e. The highest BCUT2D eigenvalue weighted by Gasteiger charge is 2.27. The van der Waals surface area contributed by atoms with Crippen molar-refractivity contribution in [3.8, 4) is 0 Å². The van der Waals surface area contributed by atoms with Crippen LogP contribution in [0.3, 0.4) is 0 Å². The molecule has 0 atom stereocenters. The summed E-state index contributed by atoms with van der Waals surface area (Å²) in [5.74, 6) is -2.23. The molecule has 2 amide bonds. The second kappa shape index (κ2) is 8.22. The topological polar surface area (TPSA) is 88.1 Å². The van der Waals surface area contributed by atoms with E-state index >= 15 is 0 Å². The van der Waals surface area contributed by atoms with E-state index in [0.29, 0.717) is 5.69 Å². The van der Waals surface area contributed by atoms with Crippen molar-refractivity contribution in [3.63, 3.8) is 0 Å². The smallest absolute Gasteiger partial charge is 0.337 e. The molecule has 1 aliphatic heterocycles. The number of benzene rings is 2. The van der Waals surface area contributed by atoms with Gasteiger partial charge in [-0.3, -0.25) is 9.59 Å². The summed E-state index contributed by atoms with van der Waals surface area (Å²) >= 11 is 0. The van der Waals surface area contributed by atoms with Crippen LogP contribution in [-0.2, 0) is 14.3 Å². The molecule has 7 nitrogen and oxygen atoms in total. The Bertz CT molecular complexity index is 1030. The summed E-state index contributed by atoms with van der Waals surface area (Å²) in [5, 5.41) is 7.84. The Balaban J connectivity index is 1.88. The number of rotatable bonds is 4. The lowest BCUT2D eigenvalue weighted by Gasteiger charge is -2.25. The highest BCUT2D eigenvalue weighted by Crippen LogP contribution is 2.26. The Morgan fingerprint density at radius 1 is 1.14 bits per heavy atom. The van der Waals surface area contributed by atoms with E-state index < -0.39 is 17.7 Å². The second-order valence-electron chi connectivity index (χ2n) is 6.68. The minimum Gasteiger partial charge on any atom is -0.465 e. The second-order valence-corrected chi connectivity index (χ2v) is 6.68. The fourth-order valence-electron chi connectivity index (χ4n) is 2.91. The summed E-state index contributed by atoms with van der Waals surface area (Å²) in [6.45, 7) is 3.74. The Morgan fingerprint density at radius 2 is 1.90 bits per heavy atom. The van der Waals surface area contributed by atoms with Gasteiger partial charge in [0.2, 0.25) is 5.91 Å². The summed E-state index contributed by atoms with van der Waals surface area (Å²) < 4.78 is 18.7. The molecule has 0 radical (unpaired) electrons. The van der Waals surface area contributed by atoms with Crippen LogP contribution in [0, 0.1) is 19.7 Å². The van der Waals surface area contributed by atoms with Crippen molar-refractivity contribution in [2.24, 2.45) is 5.10 Å². The number of carbonyl (C=O) groups excluding carboxylic acids is 3. The summed E-state index contributed by atoms with van der Waals surface area (Å²) in [6, 6.07) is 9.12. The molecule has 1 heterocycles. The number of halogens is 1. The molecule has 150 valence electrons. The third-order valence-electron chi connectivity index (χ3n) is 4.52. The first-order chi connectivity index (χ1) is 13.8. The van der Waals surface area contributed by atoms with E-state index in [1.54, 1.807) is 0 Å². The number of aryl methyl sites for hydroxylation is 2. The molecule has 0 fully saturated rings. The number of methoxy groups -OCH3 is 1. The Morgan fingerprint density at radius 3 is 2.62 bits per heavy atom. The Hall–Kier alpha value is -3.55. The van der Waals surface area contributed by atoms with E-state index in [-0.39, 0.29) is 35.7 Å². The molecule has 0 saturated heterocycles. The summed E-state index contributed by atoms with van der Waals surface area (Å²) in [4.78, 5) is 36.6. The highest BCUT2D eigenvalue weighted by atomic mass is 19.1.